The molecule has 122 valence electrons. The molecule has 4 heteroatoms. The van der Waals surface area contributed by atoms with E-state index in [0.29, 0.717) is 6.04 Å². The van der Waals surface area contributed by atoms with Gasteiger partial charge in [0, 0.05) is 19.1 Å². The standard InChI is InChI=1S/C17H32N2O2/c1-17(2,3)21-16(20)19-12-5-7-15(10-13-19)18-11-4-6-14-8-9-14/h14-15,18H,4-13H2,1-3H3. The monoisotopic (exact) mass is 296 g/mol. The zero-order chi connectivity index (χ0) is 15.3. The smallest absolute Gasteiger partial charge is 0.410 e. The van der Waals surface area contributed by atoms with Crippen molar-refractivity contribution in [3.63, 3.8) is 0 Å². The lowest BCUT2D eigenvalue weighted by Crippen LogP contribution is -2.38. The van der Waals surface area contributed by atoms with E-state index in [1.807, 2.05) is 25.7 Å². The fourth-order valence-electron chi connectivity index (χ4n) is 2.91. The van der Waals surface area contributed by atoms with Crippen LogP contribution in [0, 0.1) is 5.92 Å². The third kappa shape index (κ3) is 6.68. The van der Waals surface area contributed by atoms with Gasteiger partial charge in [0.25, 0.3) is 0 Å². The van der Waals surface area contributed by atoms with Crippen molar-refractivity contribution in [1.82, 2.24) is 10.2 Å². The van der Waals surface area contributed by atoms with Crippen LogP contribution in [0.25, 0.3) is 0 Å². The molecule has 0 aromatic rings. The highest BCUT2D eigenvalue weighted by molar-refractivity contribution is 5.68. The van der Waals surface area contributed by atoms with E-state index in [9.17, 15) is 4.79 Å². The normalized spacial score (nSPS) is 23.8. The molecule has 0 bridgehead atoms. The molecule has 1 saturated heterocycles. The van der Waals surface area contributed by atoms with Gasteiger partial charge in [-0.3, -0.25) is 0 Å². The Hall–Kier alpha value is -0.770. The molecule has 1 N–H and O–H groups in total. The Labute approximate surface area is 129 Å². The second-order valence-corrected chi connectivity index (χ2v) is 7.63. The van der Waals surface area contributed by atoms with Crippen LogP contribution in [0.5, 0.6) is 0 Å². The number of likely N-dealkylation sites (tertiary alicyclic amines) is 1. The average molecular weight is 296 g/mol. The summed E-state index contributed by atoms with van der Waals surface area (Å²) in [7, 11) is 0. The molecule has 1 saturated carbocycles. The highest BCUT2D eigenvalue weighted by atomic mass is 16.6. The Morgan fingerprint density at radius 2 is 1.95 bits per heavy atom. The number of hydrogen-bond acceptors (Lipinski definition) is 3. The largest absolute Gasteiger partial charge is 0.444 e. The van der Waals surface area contributed by atoms with Crippen LogP contribution >= 0.6 is 0 Å². The Bertz CT molecular complexity index is 334. The lowest BCUT2D eigenvalue weighted by molar-refractivity contribution is 0.0256. The van der Waals surface area contributed by atoms with Crippen LogP contribution in [0.4, 0.5) is 4.79 Å². The van der Waals surface area contributed by atoms with Gasteiger partial charge in [-0.15, -0.1) is 0 Å². The van der Waals surface area contributed by atoms with Gasteiger partial charge in [-0.1, -0.05) is 12.8 Å². The van der Waals surface area contributed by atoms with Crippen molar-refractivity contribution in [1.29, 1.82) is 0 Å². The van der Waals surface area contributed by atoms with Crippen molar-refractivity contribution < 1.29 is 9.53 Å². The minimum Gasteiger partial charge on any atom is -0.444 e. The summed E-state index contributed by atoms with van der Waals surface area (Å²) in [5.41, 5.74) is -0.399. The van der Waals surface area contributed by atoms with Crippen LogP contribution < -0.4 is 5.32 Å². The van der Waals surface area contributed by atoms with Gasteiger partial charge in [0.1, 0.15) is 5.60 Å². The molecule has 1 unspecified atom stereocenters. The average Bonchev–Trinajstić information content (AvgIpc) is 3.20. The summed E-state index contributed by atoms with van der Waals surface area (Å²) in [6, 6.07) is 0.566. The van der Waals surface area contributed by atoms with Crippen molar-refractivity contribution in [2.24, 2.45) is 5.92 Å². The van der Waals surface area contributed by atoms with E-state index in [-0.39, 0.29) is 6.09 Å². The van der Waals surface area contributed by atoms with E-state index in [4.69, 9.17) is 4.74 Å². The van der Waals surface area contributed by atoms with Crippen LogP contribution in [0.1, 0.15) is 65.7 Å². The summed E-state index contributed by atoms with van der Waals surface area (Å²) in [6.07, 6.45) is 8.73. The number of nitrogens with zero attached hydrogens (tertiary/aromatic N) is 1. The predicted octanol–water partition coefficient (Wildman–Crippen LogP) is 3.56. The molecular formula is C17H32N2O2. The number of nitrogens with one attached hydrogen (secondary N) is 1. The van der Waals surface area contributed by atoms with Gasteiger partial charge < -0.3 is 15.0 Å². The van der Waals surface area contributed by atoms with Crippen LogP contribution in [0.3, 0.4) is 0 Å². The zero-order valence-electron chi connectivity index (χ0n) is 14.0. The second-order valence-electron chi connectivity index (χ2n) is 7.63. The van der Waals surface area contributed by atoms with Crippen molar-refractivity contribution in [3.8, 4) is 0 Å². The molecule has 2 rings (SSSR count). The quantitative estimate of drug-likeness (QED) is 0.789. The van der Waals surface area contributed by atoms with Crippen molar-refractivity contribution in [3.05, 3.63) is 0 Å². The molecular weight excluding hydrogens is 264 g/mol. The number of amides is 1. The van der Waals surface area contributed by atoms with Gasteiger partial charge in [-0.2, -0.15) is 0 Å². The van der Waals surface area contributed by atoms with Crippen LogP contribution in [0.15, 0.2) is 0 Å². The molecule has 1 heterocycles. The molecule has 21 heavy (non-hydrogen) atoms. The van der Waals surface area contributed by atoms with E-state index in [2.05, 4.69) is 5.32 Å². The summed E-state index contributed by atoms with van der Waals surface area (Å²) in [4.78, 5) is 14.0. The highest BCUT2D eigenvalue weighted by Gasteiger charge is 2.25. The molecule has 2 aliphatic rings. The molecule has 0 aromatic heterocycles. The van der Waals surface area contributed by atoms with E-state index in [0.717, 1.165) is 38.4 Å². The summed E-state index contributed by atoms with van der Waals surface area (Å²) in [5, 5.41) is 3.67. The van der Waals surface area contributed by atoms with Crippen molar-refractivity contribution >= 4 is 6.09 Å². The first-order valence-electron chi connectivity index (χ1n) is 8.65. The third-order valence-electron chi connectivity index (χ3n) is 4.30. The molecule has 4 nitrogen and oxygen atoms in total. The van der Waals surface area contributed by atoms with Gasteiger partial charge in [0.15, 0.2) is 0 Å². The lowest BCUT2D eigenvalue weighted by Gasteiger charge is -2.26. The molecule has 1 atom stereocenters. The summed E-state index contributed by atoms with van der Waals surface area (Å²) in [6.45, 7) is 8.55. The SMILES string of the molecule is CC(C)(C)OC(=O)N1CCCC(NCCCC2CC2)CC1. The molecule has 2 fully saturated rings. The first-order valence-corrected chi connectivity index (χ1v) is 8.65. The Balaban J connectivity index is 1.64. The highest BCUT2D eigenvalue weighted by Crippen LogP contribution is 2.33. The van der Waals surface area contributed by atoms with Gasteiger partial charge in [0.2, 0.25) is 0 Å². The number of carbonyl (C=O) groups is 1. The molecule has 0 aromatic carbocycles. The maximum absolute atomic E-state index is 12.1. The van der Waals surface area contributed by atoms with Gasteiger partial charge in [-0.25, -0.2) is 4.79 Å². The molecule has 0 radical (unpaired) electrons. The first-order chi connectivity index (χ1) is 9.94. The van der Waals surface area contributed by atoms with Gasteiger partial charge in [-0.05, 0) is 65.3 Å². The third-order valence-corrected chi connectivity index (χ3v) is 4.30. The number of rotatable bonds is 5. The predicted molar refractivity (Wildman–Crippen MR) is 85.4 cm³/mol. The molecule has 1 aliphatic heterocycles. The fraction of sp³-hybridized carbons (Fsp3) is 0.941. The number of carbonyl (C=O) groups excluding carboxylic acids is 1. The van der Waals surface area contributed by atoms with Crippen LogP contribution in [0.2, 0.25) is 0 Å². The van der Waals surface area contributed by atoms with Crippen molar-refractivity contribution in [2.45, 2.75) is 77.4 Å². The maximum atomic E-state index is 12.1. The summed E-state index contributed by atoms with van der Waals surface area (Å²) >= 11 is 0. The summed E-state index contributed by atoms with van der Waals surface area (Å²) in [5.74, 6) is 1.03. The minimum absolute atomic E-state index is 0.156. The van der Waals surface area contributed by atoms with Crippen LogP contribution in [-0.4, -0.2) is 42.3 Å². The number of ether oxygens (including phenoxy) is 1. The topological polar surface area (TPSA) is 41.6 Å². The van der Waals surface area contributed by atoms with Gasteiger partial charge >= 0.3 is 6.09 Å². The minimum atomic E-state index is -0.399. The van der Waals surface area contributed by atoms with E-state index >= 15 is 0 Å². The Morgan fingerprint density at radius 1 is 1.19 bits per heavy atom. The molecule has 0 spiro atoms. The molecule has 1 amide bonds. The van der Waals surface area contributed by atoms with E-state index in [1.54, 1.807) is 0 Å². The Kier molecular flexibility index (Phi) is 5.91. The Morgan fingerprint density at radius 3 is 2.62 bits per heavy atom. The zero-order valence-corrected chi connectivity index (χ0v) is 14.0. The van der Waals surface area contributed by atoms with E-state index in [1.165, 1.54) is 32.1 Å². The first kappa shape index (κ1) is 16.6. The van der Waals surface area contributed by atoms with Crippen molar-refractivity contribution in [2.75, 3.05) is 19.6 Å². The second kappa shape index (κ2) is 7.48. The lowest BCUT2D eigenvalue weighted by atomic mass is 10.1. The van der Waals surface area contributed by atoms with E-state index < -0.39 is 5.60 Å². The number of hydrogen-bond donors (Lipinski definition) is 1. The van der Waals surface area contributed by atoms with Gasteiger partial charge in [0.05, 0.1) is 0 Å². The molecule has 1 aliphatic carbocycles. The fourth-order valence-corrected chi connectivity index (χ4v) is 2.91. The maximum Gasteiger partial charge on any atom is 0.410 e. The van der Waals surface area contributed by atoms with Crippen LogP contribution in [-0.2, 0) is 4.74 Å². The summed E-state index contributed by atoms with van der Waals surface area (Å²) < 4.78 is 5.47.